The van der Waals surface area contributed by atoms with Gasteiger partial charge in [-0.15, -0.1) is 12.4 Å². The van der Waals surface area contributed by atoms with Crippen molar-refractivity contribution < 1.29 is 4.79 Å². The Morgan fingerprint density at radius 1 is 1.09 bits per heavy atom. The largest absolute Gasteiger partial charge is 0.324 e. The van der Waals surface area contributed by atoms with Crippen LogP contribution in [-0.4, -0.2) is 29.4 Å². The fourth-order valence-electron chi connectivity index (χ4n) is 3.61. The minimum absolute atomic E-state index is 0. The Kier molecular flexibility index (Phi) is 5.87. The molecule has 4 heteroatoms. The number of carbonyl (C=O) groups is 1. The number of aryl methyl sites for hydroxylation is 2. The lowest BCUT2D eigenvalue weighted by Crippen LogP contribution is -2.53. The minimum atomic E-state index is 0. The zero-order valence-electron chi connectivity index (χ0n) is 13.6. The van der Waals surface area contributed by atoms with Gasteiger partial charge in [0.1, 0.15) is 0 Å². The molecule has 1 aliphatic heterocycles. The number of amides is 1. The molecule has 122 valence electrons. The first kappa shape index (κ1) is 17.3. The summed E-state index contributed by atoms with van der Waals surface area (Å²) in [6.07, 6.45) is 7.29. The van der Waals surface area contributed by atoms with E-state index in [1.54, 1.807) is 0 Å². The molecule has 0 radical (unpaired) electrons. The molecule has 0 bridgehead atoms. The maximum Gasteiger partial charge on any atom is 0.241 e. The minimum Gasteiger partial charge on any atom is -0.324 e. The predicted molar refractivity (Wildman–Crippen MR) is 93.8 cm³/mol. The summed E-state index contributed by atoms with van der Waals surface area (Å²) in [6, 6.07) is 6.89. The van der Waals surface area contributed by atoms with Crippen LogP contribution >= 0.6 is 12.4 Å². The summed E-state index contributed by atoms with van der Waals surface area (Å²) >= 11 is 0. The molecule has 1 saturated carbocycles. The van der Waals surface area contributed by atoms with E-state index >= 15 is 0 Å². The second kappa shape index (κ2) is 7.47. The first-order chi connectivity index (χ1) is 10.2. The van der Waals surface area contributed by atoms with Crippen molar-refractivity contribution in [1.82, 2.24) is 4.90 Å². The number of piperidine rings is 1. The molecule has 1 N–H and O–H groups in total. The first-order valence-electron chi connectivity index (χ1n) is 8.29. The number of nitrogens with zero attached hydrogens (tertiary/aromatic N) is 1. The van der Waals surface area contributed by atoms with Gasteiger partial charge in [-0.2, -0.15) is 0 Å². The molecular weight excluding hydrogens is 296 g/mol. The quantitative estimate of drug-likeness (QED) is 0.909. The van der Waals surface area contributed by atoms with E-state index in [0.717, 1.165) is 29.8 Å². The van der Waals surface area contributed by atoms with Crippen molar-refractivity contribution in [2.75, 3.05) is 11.9 Å². The number of hydrogen-bond donors (Lipinski definition) is 1. The molecule has 1 saturated heterocycles. The number of likely N-dealkylation sites (tertiary alicyclic amines) is 1. The van der Waals surface area contributed by atoms with Crippen molar-refractivity contribution in [1.29, 1.82) is 0 Å². The van der Waals surface area contributed by atoms with Crippen molar-refractivity contribution in [3.63, 3.8) is 0 Å². The van der Waals surface area contributed by atoms with Crippen LogP contribution in [0.4, 0.5) is 5.69 Å². The number of halogens is 1. The van der Waals surface area contributed by atoms with Gasteiger partial charge in [-0.05, 0) is 57.2 Å². The monoisotopic (exact) mass is 322 g/mol. The normalized spacial score (nSPS) is 22.5. The Morgan fingerprint density at radius 3 is 2.36 bits per heavy atom. The Balaban J connectivity index is 0.00000176. The van der Waals surface area contributed by atoms with Crippen LogP contribution in [0, 0.1) is 13.8 Å². The van der Waals surface area contributed by atoms with E-state index in [-0.39, 0.29) is 24.4 Å². The van der Waals surface area contributed by atoms with Crippen LogP contribution in [-0.2, 0) is 4.79 Å². The first-order valence-corrected chi connectivity index (χ1v) is 8.29. The average Bonchev–Trinajstić information content (AvgIpc) is 2.42. The van der Waals surface area contributed by atoms with Gasteiger partial charge in [0.05, 0.1) is 6.04 Å². The third kappa shape index (κ3) is 3.47. The van der Waals surface area contributed by atoms with E-state index in [9.17, 15) is 4.79 Å². The summed E-state index contributed by atoms with van der Waals surface area (Å²) in [5, 5.41) is 3.20. The van der Waals surface area contributed by atoms with E-state index in [4.69, 9.17) is 0 Å². The Hall–Kier alpha value is -1.06. The lowest BCUT2D eigenvalue weighted by molar-refractivity contribution is -0.124. The molecule has 2 aliphatic rings. The van der Waals surface area contributed by atoms with E-state index < -0.39 is 0 Å². The lowest BCUT2D eigenvalue weighted by Gasteiger charge is -2.44. The van der Waals surface area contributed by atoms with Gasteiger partial charge in [0, 0.05) is 11.7 Å². The van der Waals surface area contributed by atoms with E-state index in [1.165, 1.54) is 32.1 Å². The lowest BCUT2D eigenvalue weighted by atomic mass is 9.87. The van der Waals surface area contributed by atoms with Crippen molar-refractivity contribution >= 4 is 24.0 Å². The molecule has 2 fully saturated rings. The van der Waals surface area contributed by atoms with Crippen LogP contribution in [0.15, 0.2) is 18.2 Å². The van der Waals surface area contributed by atoms with E-state index in [0.29, 0.717) is 6.04 Å². The number of hydrogen-bond acceptors (Lipinski definition) is 2. The maximum atomic E-state index is 12.8. The number of carbonyl (C=O) groups excluding carboxylic acids is 1. The molecule has 1 amide bonds. The molecule has 3 nitrogen and oxygen atoms in total. The van der Waals surface area contributed by atoms with Crippen molar-refractivity contribution in [3.8, 4) is 0 Å². The molecular formula is C18H27ClN2O. The third-order valence-corrected chi connectivity index (χ3v) is 5.12. The van der Waals surface area contributed by atoms with Gasteiger partial charge in [0.25, 0.3) is 0 Å². The topological polar surface area (TPSA) is 32.3 Å². The zero-order valence-corrected chi connectivity index (χ0v) is 14.4. The van der Waals surface area contributed by atoms with Crippen LogP contribution in [0.5, 0.6) is 0 Å². The molecule has 1 aliphatic carbocycles. The van der Waals surface area contributed by atoms with Crippen molar-refractivity contribution in [2.24, 2.45) is 0 Å². The molecule has 0 unspecified atom stereocenters. The predicted octanol–water partition coefficient (Wildman–Crippen LogP) is 4.07. The van der Waals surface area contributed by atoms with Gasteiger partial charge in [0.2, 0.25) is 5.91 Å². The second-order valence-corrected chi connectivity index (χ2v) is 6.59. The van der Waals surface area contributed by atoms with E-state index in [2.05, 4.69) is 36.2 Å². The second-order valence-electron chi connectivity index (χ2n) is 6.59. The SMILES string of the molecule is Cc1cccc(C)c1NC(=O)[C@@H]1CCCCN1C1CCC1.Cl. The van der Waals surface area contributed by atoms with Gasteiger partial charge < -0.3 is 5.32 Å². The smallest absolute Gasteiger partial charge is 0.241 e. The van der Waals surface area contributed by atoms with Crippen molar-refractivity contribution in [3.05, 3.63) is 29.3 Å². The summed E-state index contributed by atoms with van der Waals surface area (Å²) < 4.78 is 0. The molecule has 1 atom stereocenters. The fourth-order valence-corrected chi connectivity index (χ4v) is 3.61. The highest BCUT2D eigenvalue weighted by Gasteiger charge is 2.36. The Labute approximate surface area is 139 Å². The van der Waals surface area contributed by atoms with E-state index in [1.807, 2.05) is 6.07 Å². The molecule has 22 heavy (non-hydrogen) atoms. The van der Waals surface area contributed by atoms with Crippen LogP contribution < -0.4 is 5.32 Å². The molecule has 0 spiro atoms. The van der Waals surface area contributed by atoms with Crippen LogP contribution in [0.3, 0.4) is 0 Å². The number of para-hydroxylation sites is 1. The van der Waals surface area contributed by atoms with Crippen molar-refractivity contribution in [2.45, 2.75) is 64.5 Å². The summed E-state index contributed by atoms with van der Waals surface area (Å²) in [4.78, 5) is 15.2. The summed E-state index contributed by atoms with van der Waals surface area (Å²) in [7, 11) is 0. The maximum absolute atomic E-state index is 12.8. The van der Waals surface area contributed by atoms with Gasteiger partial charge >= 0.3 is 0 Å². The Morgan fingerprint density at radius 2 is 1.77 bits per heavy atom. The van der Waals surface area contributed by atoms with Crippen LogP contribution in [0.1, 0.15) is 49.7 Å². The molecule has 1 heterocycles. The number of rotatable bonds is 3. The van der Waals surface area contributed by atoms with Gasteiger partial charge in [-0.3, -0.25) is 9.69 Å². The molecule has 0 aromatic heterocycles. The van der Waals surface area contributed by atoms with Crippen LogP contribution in [0.25, 0.3) is 0 Å². The summed E-state index contributed by atoms with van der Waals surface area (Å²) in [5.74, 6) is 0.194. The Bertz CT molecular complexity index is 508. The average molecular weight is 323 g/mol. The molecule has 1 aromatic carbocycles. The van der Waals surface area contributed by atoms with Gasteiger partial charge in [-0.1, -0.05) is 31.0 Å². The van der Waals surface area contributed by atoms with Gasteiger partial charge in [-0.25, -0.2) is 0 Å². The van der Waals surface area contributed by atoms with Gasteiger partial charge in [0.15, 0.2) is 0 Å². The highest BCUT2D eigenvalue weighted by Crippen LogP contribution is 2.31. The highest BCUT2D eigenvalue weighted by atomic mass is 35.5. The molecule has 3 rings (SSSR count). The highest BCUT2D eigenvalue weighted by molar-refractivity contribution is 5.96. The fraction of sp³-hybridized carbons (Fsp3) is 0.611. The third-order valence-electron chi connectivity index (χ3n) is 5.12. The summed E-state index contributed by atoms with van der Waals surface area (Å²) in [6.45, 7) is 5.22. The molecule has 1 aromatic rings. The number of nitrogens with one attached hydrogen (secondary N) is 1. The summed E-state index contributed by atoms with van der Waals surface area (Å²) in [5.41, 5.74) is 3.30. The zero-order chi connectivity index (χ0) is 14.8. The number of anilines is 1. The van der Waals surface area contributed by atoms with Crippen LogP contribution in [0.2, 0.25) is 0 Å². The standard InChI is InChI=1S/C18H26N2O.ClH/c1-13-7-5-8-14(2)17(13)19-18(21)16-11-3-4-12-20(16)15-9-6-10-15;/h5,7-8,15-16H,3-4,6,9-12H2,1-2H3,(H,19,21);1H/t16-;/m0./s1. The number of benzene rings is 1.